The topological polar surface area (TPSA) is 136 Å². The first-order chi connectivity index (χ1) is 17.9. The van der Waals surface area contributed by atoms with Gasteiger partial charge in [0, 0.05) is 11.8 Å². The molecule has 190 valence electrons. The zero-order chi connectivity index (χ0) is 26.1. The smallest absolute Gasteiger partial charge is 0.357 e. The first-order valence-corrected chi connectivity index (χ1v) is 12.2. The van der Waals surface area contributed by atoms with Crippen LogP contribution < -0.4 is 20.1 Å². The molecule has 5 rings (SSSR count). The van der Waals surface area contributed by atoms with E-state index < -0.39 is 35.9 Å². The Morgan fingerprint density at radius 3 is 2.78 bits per heavy atom. The Labute approximate surface area is 215 Å². The number of hydrogen-bond acceptors (Lipinski definition) is 9. The van der Waals surface area contributed by atoms with Crippen molar-refractivity contribution in [2.24, 2.45) is 0 Å². The Balaban J connectivity index is 1.44. The van der Waals surface area contributed by atoms with E-state index in [2.05, 4.69) is 20.4 Å². The van der Waals surface area contributed by atoms with Gasteiger partial charge in [-0.1, -0.05) is 30.3 Å². The molecule has 1 fully saturated rings. The van der Waals surface area contributed by atoms with Crippen molar-refractivity contribution in [3.8, 4) is 11.5 Å². The van der Waals surface area contributed by atoms with Gasteiger partial charge in [-0.25, -0.2) is 19.5 Å². The summed E-state index contributed by atoms with van der Waals surface area (Å²) in [7, 11) is 1.23. The van der Waals surface area contributed by atoms with Crippen LogP contribution in [-0.4, -0.2) is 53.6 Å². The van der Waals surface area contributed by atoms with Gasteiger partial charge in [-0.3, -0.25) is 9.59 Å². The number of benzene rings is 2. The van der Waals surface area contributed by atoms with Gasteiger partial charge in [0.15, 0.2) is 22.3 Å². The molecule has 12 heteroatoms. The molecule has 37 heavy (non-hydrogen) atoms. The van der Waals surface area contributed by atoms with Crippen LogP contribution in [0.2, 0.25) is 0 Å². The van der Waals surface area contributed by atoms with E-state index in [9.17, 15) is 19.2 Å². The van der Waals surface area contributed by atoms with E-state index in [1.165, 1.54) is 12.5 Å². The standard InChI is InChI=1S/C25H22N4O7S/c1-13-5-3-4-6-14(13)9-17(21(30)28-24-26-16(11-37-24)23(32)34-2)29-22(31)20(27-25(29)33)15-7-8-18-19(10-15)36-12-35-18/h3-8,10-11,17,20H,9,12H2,1-2H3,(H,27,33)(H,26,28,30)/t17-,20?/m0/s1. The molecule has 2 aliphatic heterocycles. The third kappa shape index (κ3) is 4.70. The number of esters is 1. The third-order valence-electron chi connectivity index (χ3n) is 6.12. The lowest BCUT2D eigenvalue weighted by molar-refractivity contribution is -0.134. The predicted molar refractivity (Wildman–Crippen MR) is 131 cm³/mol. The lowest BCUT2D eigenvalue weighted by atomic mass is 9.99. The zero-order valence-corrected chi connectivity index (χ0v) is 20.7. The number of methoxy groups -OCH3 is 1. The number of amides is 4. The van der Waals surface area contributed by atoms with E-state index in [1.807, 2.05) is 31.2 Å². The van der Waals surface area contributed by atoms with Gasteiger partial charge in [-0.15, -0.1) is 11.3 Å². The van der Waals surface area contributed by atoms with Crippen molar-refractivity contribution in [3.63, 3.8) is 0 Å². The summed E-state index contributed by atoms with van der Waals surface area (Å²) >= 11 is 1.03. The minimum Gasteiger partial charge on any atom is -0.464 e. The van der Waals surface area contributed by atoms with Crippen LogP contribution in [0.5, 0.6) is 11.5 Å². The van der Waals surface area contributed by atoms with Gasteiger partial charge in [-0.2, -0.15) is 0 Å². The summed E-state index contributed by atoms with van der Waals surface area (Å²) in [6, 6.07) is 9.49. The van der Waals surface area contributed by atoms with Crippen LogP contribution in [0.15, 0.2) is 47.8 Å². The van der Waals surface area contributed by atoms with Crippen molar-refractivity contribution in [2.45, 2.75) is 25.4 Å². The molecule has 1 aromatic heterocycles. The van der Waals surface area contributed by atoms with Gasteiger partial charge >= 0.3 is 12.0 Å². The molecule has 2 aliphatic rings. The molecule has 0 saturated carbocycles. The second-order valence-corrected chi connectivity index (χ2v) is 9.23. The predicted octanol–water partition coefficient (Wildman–Crippen LogP) is 2.81. The number of carbonyl (C=O) groups excluding carboxylic acids is 4. The Hall–Kier alpha value is -4.45. The summed E-state index contributed by atoms with van der Waals surface area (Å²) in [4.78, 5) is 56.9. The van der Waals surface area contributed by atoms with Gasteiger partial charge in [0.1, 0.15) is 12.1 Å². The van der Waals surface area contributed by atoms with Gasteiger partial charge in [0.25, 0.3) is 5.91 Å². The SMILES string of the molecule is COC(=O)c1csc(NC(=O)[C@H](Cc2ccccc2C)N2C(=O)NC(c3ccc4c(c3)OCO4)C2=O)n1. The first-order valence-electron chi connectivity index (χ1n) is 11.3. The summed E-state index contributed by atoms with van der Waals surface area (Å²) < 4.78 is 15.4. The van der Waals surface area contributed by atoms with Crippen LogP contribution >= 0.6 is 11.3 Å². The minimum absolute atomic E-state index is 0.0381. The summed E-state index contributed by atoms with van der Waals surface area (Å²) in [5.41, 5.74) is 2.24. The number of anilines is 1. The van der Waals surface area contributed by atoms with Gasteiger partial charge < -0.3 is 24.8 Å². The number of rotatable bonds is 7. The van der Waals surface area contributed by atoms with Crippen molar-refractivity contribution in [1.29, 1.82) is 0 Å². The average Bonchev–Trinajstić information content (AvgIpc) is 3.62. The molecular weight excluding hydrogens is 500 g/mol. The molecule has 4 amide bonds. The van der Waals surface area contributed by atoms with Crippen LogP contribution in [0.4, 0.5) is 9.93 Å². The maximum atomic E-state index is 13.5. The van der Waals surface area contributed by atoms with Crippen molar-refractivity contribution >= 4 is 40.3 Å². The van der Waals surface area contributed by atoms with E-state index in [4.69, 9.17) is 9.47 Å². The number of imide groups is 1. The van der Waals surface area contributed by atoms with E-state index in [-0.39, 0.29) is 24.0 Å². The number of nitrogens with one attached hydrogen (secondary N) is 2. The molecule has 2 atom stereocenters. The number of fused-ring (bicyclic) bond motifs is 1. The average molecular weight is 523 g/mol. The highest BCUT2D eigenvalue weighted by Gasteiger charge is 2.45. The van der Waals surface area contributed by atoms with E-state index in [1.54, 1.807) is 18.2 Å². The molecule has 11 nitrogen and oxygen atoms in total. The molecular formula is C25H22N4O7S. The van der Waals surface area contributed by atoms with Crippen molar-refractivity contribution in [3.05, 3.63) is 70.2 Å². The van der Waals surface area contributed by atoms with Crippen molar-refractivity contribution in [1.82, 2.24) is 15.2 Å². The van der Waals surface area contributed by atoms with Crippen LogP contribution in [0.3, 0.4) is 0 Å². The van der Waals surface area contributed by atoms with Crippen LogP contribution in [0.1, 0.15) is 33.2 Å². The Morgan fingerprint density at radius 2 is 2.00 bits per heavy atom. The normalized spacial score (nSPS) is 16.9. The fourth-order valence-electron chi connectivity index (χ4n) is 4.17. The number of ether oxygens (including phenoxy) is 3. The molecule has 2 aromatic carbocycles. The molecule has 3 aromatic rings. The quantitative estimate of drug-likeness (QED) is 0.357. The summed E-state index contributed by atoms with van der Waals surface area (Å²) in [6.07, 6.45) is 0.0841. The fourth-order valence-corrected chi connectivity index (χ4v) is 4.86. The highest BCUT2D eigenvalue weighted by molar-refractivity contribution is 7.14. The fraction of sp³-hybridized carbons (Fsp3) is 0.240. The lowest BCUT2D eigenvalue weighted by Gasteiger charge is -2.25. The van der Waals surface area contributed by atoms with Crippen molar-refractivity contribution in [2.75, 3.05) is 19.2 Å². The van der Waals surface area contributed by atoms with E-state index >= 15 is 0 Å². The lowest BCUT2D eigenvalue weighted by Crippen LogP contribution is -2.49. The second kappa shape index (κ2) is 9.90. The number of urea groups is 1. The zero-order valence-electron chi connectivity index (χ0n) is 19.8. The molecule has 1 unspecified atom stereocenters. The van der Waals surface area contributed by atoms with Crippen molar-refractivity contribution < 1.29 is 33.4 Å². The van der Waals surface area contributed by atoms with Crippen LogP contribution in [0, 0.1) is 6.92 Å². The van der Waals surface area contributed by atoms with Gasteiger partial charge in [-0.05, 0) is 35.7 Å². The second-order valence-electron chi connectivity index (χ2n) is 8.37. The molecule has 2 N–H and O–H groups in total. The molecule has 0 radical (unpaired) electrons. The Kier molecular flexibility index (Phi) is 6.49. The number of aryl methyl sites for hydroxylation is 1. The Bertz CT molecular complexity index is 1410. The number of carbonyl (C=O) groups is 4. The Morgan fingerprint density at radius 1 is 1.22 bits per heavy atom. The van der Waals surface area contributed by atoms with E-state index in [0.29, 0.717) is 17.1 Å². The molecule has 0 spiro atoms. The number of aromatic nitrogens is 1. The van der Waals surface area contributed by atoms with Gasteiger partial charge in [0.05, 0.1) is 7.11 Å². The van der Waals surface area contributed by atoms with Gasteiger partial charge in [0.2, 0.25) is 12.7 Å². The maximum absolute atomic E-state index is 13.5. The van der Waals surface area contributed by atoms with Crippen LogP contribution in [0.25, 0.3) is 0 Å². The number of hydrogen-bond donors (Lipinski definition) is 2. The molecule has 1 saturated heterocycles. The molecule has 3 heterocycles. The number of nitrogens with zero attached hydrogens (tertiary/aromatic N) is 2. The van der Waals surface area contributed by atoms with Crippen LogP contribution in [-0.2, 0) is 20.7 Å². The molecule has 0 aliphatic carbocycles. The maximum Gasteiger partial charge on any atom is 0.357 e. The highest BCUT2D eigenvalue weighted by atomic mass is 32.1. The monoisotopic (exact) mass is 522 g/mol. The third-order valence-corrected chi connectivity index (χ3v) is 6.88. The number of thiazole rings is 1. The molecule has 0 bridgehead atoms. The first kappa shape index (κ1) is 24.3. The summed E-state index contributed by atoms with van der Waals surface area (Å²) in [6.45, 7) is 1.96. The highest BCUT2D eigenvalue weighted by Crippen LogP contribution is 2.36. The largest absolute Gasteiger partial charge is 0.464 e. The summed E-state index contributed by atoms with van der Waals surface area (Å²) in [5, 5.41) is 6.90. The summed E-state index contributed by atoms with van der Waals surface area (Å²) in [5.74, 6) is -0.828. The van der Waals surface area contributed by atoms with E-state index in [0.717, 1.165) is 27.4 Å². The minimum atomic E-state index is -1.18.